The van der Waals surface area contributed by atoms with Gasteiger partial charge in [0.1, 0.15) is 17.6 Å². The van der Waals surface area contributed by atoms with Crippen LogP contribution in [0, 0.1) is 17.1 Å². The standard InChI is InChI=1S/C10H8F3NO/c1-10(12,13)6-15-8-2-3-9(11)7(4-8)5-14/h2-4H,6H2,1H3. The van der Waals surface area contributed by atoms with Gasteiger partial charge in [-0.25, -0.2) is 13.2 Å². The van der Waals surface area contributed by atoms with Crippen LogP contribution in [-0.2, 0) is 0 Å². The molecule has 0 heterocycles. The molecule has 0 aliphatic heterocycles. The maximum atomic E-state index is 12.8. The molecule has 1 aromatic carbocycles. The van der Waals surface area contributed by atoms with E-state index in [4.69, 9.17) is 10.00 Å². The lowest BCUT2D eigenvalue weighted by Gasteiger charge is -2.11. The number of benzene rings is 1. The average molecular weight is 215 g/mol. The quantitative estimate of drug-likeness (QED) is 0.776. The predicted molar refractivity (Wildman–Crippen MR) is 47.2 cm³/mol. The van der Waals surface area contributed by atoms with Crippen LogP contribution in [0.15, 0.2) is 18.2 Å². The van der Waals surface area contributed by atoms with Crippen LogP contribution in [0.1, 0.15) is 12.5 Å². The molecule has 0 saturated carbocycles. The first-order valence-corrected chi connectivity index (χ1v) is 4.12. The molecule has 0 N–H and O–H groups in total. The molecule has 0 unspecified atom stereocenters. The molecular formula is C10H8F3NO. The highest BCUT2D eigenvalue weighted by Gasteiger charge is 2.22. The van der Waals surface area contributed by atoms with Gasteiger partial charge in [-0.3, -0.25) is 0 Å². The van der Waals surface area contributed by atoms with Gasteiger partial charge in [0.15, 0.2) is 6.61 Å². The lowest BCUT2D eigenvalue weighted by Crippen LogP contribution is -2.20. The third kappa shape index (κ3) is 3.50. The number of nitriles is 1. The zero-order chi connectivity index (χ0) is 11.5. The smallest absolute Gasteiger partial charge is 0.278 e. The minimum Gasteiger partial charge on any atom is -0.487 e. The summed E-state index contributed by atoms with van der Waals surface area (Å²) in [7, 11) is 0. The summed E-state index contributed by atoms with van der Waals surface area (Å²) in [6, 6.07) is 4.87. The molecule has 0 saturated heterocycles. The summed E-state index contributed by atoms with van der Waals surface area (Å²) in [6.07, 6.45) is 0. The fourth-order valence-electron chi connectivity index (χ4n) is 0.890. The number of halogens is 3. The van der Waals surface area contributed by atoms with Gasteiger partial charge in [-0.1, -0.05) is 0 Å². The Bertz CT molecular complexity index is 393. The molecule has 0 aliphatic rings. The monoisotopic (exact) mass is 215 g/mol. The molecule has 0 atom stereocenters. The van der Waals surface area contributed by atoms with Crippen LogP contribution in [0.5, 0.6) is 5.75 Å². The molecule has 0 fully saturated rings. The van der Waals surface area contributed by atoms with Crippen molar-refractivity contribution in [1.29, 1.82) is 5.26 Å². The summed E-state index contributed by atoms with van der Waals surface area (Å²) in [5.41, 5.74) is -0.230. The number of alkyl halides is 2. The van der Waals surface area contributed by atoms with Gasteiger partial charge in [0.05, 0.1) is 5.56 Å². The minimum absolute atomic E-state index is 0.0504. The van der Waals surface area contributed by atoms with Gasteiger partial charge in [-0.05, 0) is 12.1 Å². The van der Waals surface area contributed by atoms with Crippen LogP contribution in [0.25, 0.3) is 0 Å². The Morgan fingerprint density at radius 1 is 1.47 bits per heavy atom. The van der Waals surface area contributed by atoms with E-state index in [1.807, 2.05) is 0 Å². The first-order valence-electron chi connectivity index (χ1n) is 4.12. The predicted octanol–water partition coefficient (Wildman–Crippen LogP) is 2.73. The van der Waals surface area contributed by atoms with E-state index in [-0.39, 0.29) is 11.3 Å². The van der Waals surface area contributed by atoms with Crippen molar-refractivity contribution in [2.45, 2.75) is 12.8 Å². The highest BCUT2D eigenvalue weighted by Crippen LogP contribution is 2.19. The Balaban J connectivity index is 2.76. The van der Waals surface area contributed by atoms with Crippen molar-refractivity contribution in [2.24, 2.45) is 0 Å². The Labute approximate surface area is 84.9 Å². The SMILES string of the molecule is CC(F)(F)COc1ccc(F)c(C#N)c1. The number of nitrogens with zero attached hydrogens (tertiary/aromatic N) is 1. The number of hydrogen-bond donors (Lipinski definition) is 0. The third-order valence-electron chi connectivity index (χ3n) is 1.55. The average Bonchev–Trinajstić information content (AvgIpc) is 2.15. The molecule has 0 radical (unpaired) electrons. The summed E-state index contributed by atoms with van der Waals surface area (Å²) in [6.45, 7) is -0.0920. The van der Waals surface area contributed by atoms with Crippen LogP contribution in [0.2, 0.25) is 0 Å². The normalized spacial score (nSPS) is 10.9. The molecule has 15 heavy (non-hydrogen) atoms. The summed E-state index contributed by atoms with van der Waals surface area (Å²) in [4.78, 5) is 0. The van der Waals surface area contributed by atoms with Gasteiger partial charge in [0.2, 0.25) is 0 Å². The molecule has 0 spiro atoms. The van der Waals surface area contributed by atoms with Crippen molar-refractivity contribution in [3.63, 3.8) is 0 Å². The molecule has 5 heteroatoms. The fraction of sp³-hybridized carbons (Fsp3) is 0.300. The Morgan fingerprint density at radius 3 is 2.67 bits per heavy atom. The van der Waals surface area contributed by atoms with Crippen molar-refractivity contribution >= 4 is 0 Å². The summed E-state index contributed by atoms with van der Waals surface area (Å²) in [5, 5.41) is 8.48. The Morgan fingerprint density at radius 2 is 2.13 bits per heavy atom. The fourth-order valence-corrected chi connectivity index (χ4v) is 0.890. The first kappa shape index (κ1) is 11.4. The molecule has 0 bridgehead atoms. The molecule has 2 nitrogen and oxygen atoms in total. The lowest BCUT2D eigenvalue weighted by molar-refractivity contribution is -0.0229. The second-order valence-electron chi connectivity index (χ2n) is 3.11. The van der Waals surface area contributed by atoms with Gasteiger partial charge in [-0.15, -0.1) is 0 Å². The minimum atomic E-state index is -2.96. The van der Waals surface area contributed by atoms with E-state index in [1.165, 1.54) is 6.07 Å². The van der Waals surface area contributed by atoms with Gasteiger partial charge in [0.25, 0.3) is 5.92 Å². The zero-order valence-electron chi connectivity index (χ0n) is 7.93. The molecule has 1 rings (SSSR count). The van der Waals surface area contributed by atoms with E-state index in [0.29, 0.717) is 6.92 Å². The largest absolute Gasteiger partial charge is 0.487 e. The van der Waals surface area contributed by atoms with Crippen molar-refractivity contribution < 1.29 is 17.9 Å². The van der Waals surface area contributed by atoms with Crippen molar-refractivity contribution in [3.05, 3.63) is 29.6 Å². The van der Waals surface area contributed by atoms with E-state index < -0.39 is 18.3 Å². The van der Waals surface area contributed by atoms with E-state index in [2.05, 4.69) is 0 Å². The van der Waals surface area contributed by atoms with Crippen molar-refractivity contribution in [1.82, 2.24) is 0 Å². The molecule has 1 aromatic rings. The second-order valence-corrected chi connectivity index (χ2v) is 3.11. The Hall–Kier alpha value is -1.70. The molecule has 80 valence electrons. The van der Waals surface area contributed by atoms with E-state index >= 15 is 0 Å². The first-order chi connectivity index (χ1) is 6.92. The molecule has 0 amide bonds. The molecular weight excluding hydrogens is 207 g/mol. The second kappa shape index (κ2) is 4.22. The molecule has 0 aromatic heterocycles. The summed E-state index contributed by atoms with van der Waals surface area (Å²) >= 11 is 0. The van der Waals surface area contributed by atoms with Crippen LogP contribution in [0.3, 0.4) is 0 Å². The van der Waals surface area contributed by atoms with Crippen LogP contribution in [-0.4, -0.2) is 12.5 Å². The maximum absolute atomic E-state index is 12.8. The lowest BCUT2D eigenvalue weighted by atomic mass is 10.2. The summed E-state index contributed by atoms with van der Waals surface area (Å²) in [5.74, 6) is -3.61. The van der Waals surface area contributed by atoms with E-state index in [9.17, 15) is 13.2 Å². The van der Waals surface area contributed by atoms with Crippen LogP contribution < -0.4 is 4.74 Å². The van der Waals surface area contributed by atoms with E-state index in [1.54, 1.807) is 6.07 Å². The maximum Gasteiger partial charge on any atom is 0.278 e. The van der Waals surface area contributed by atoms with Gasteiger partial charge in [0, 0.05) is 13.0 Å². The van der Waals surface area contributed by atoms with Gasteiger partial charge >= 0.3 is 0 Å². The number of ether oxygens (including phenoxy) is 1. The van der Waals surface area contributed by atoms with Crippen LogP contribution >= 0.6 is 0 Å². The third-order valence-corrected chi connectivity index (χ3v) is 1.55. The van der Waals surface area contributed by atoms with Crippen molar-refractivity contribution in [3.8, 4) is 11.8 Å². The molecule has 0 aliphatic carbocycles. The number of rotatable bonds is 3. The topological polar surface area (TPSA) is 33.0 Å². The zero-order valence-corrected chi connectivity index (χ0v) is 7.93. The Kier molecular flexibility index (Phi) is 3.20. The number of hydrogen-bond acceptors (Lipinski definition) is 2. The van der Waals surface area contributed by atoms with Crippen molar-refractivity contribution in [2.75, 3.05) is 6.61 Å². The highest BCUT2D eigenvalue weighted by molar-refractivity contribution is 5.37. The van der Waals surface area contributed by atoms with Crippen LogP contribution in [0.4, 0.5) is 13.2 Å². The van der Waals surface area contributed by atoms with Gasteiger partial charge in [-0.2, -0.15) is 5.26 Å². The summed E-state index contributed by atoms with van der Waals surface area (Å²) < 4.78 is 42.3. The van der Waals surface area contributed by atoms with Gasteiger partial charge < -0.3 is 4.74 Å². The van der Waals surface area contributed by atoms with E-state index in [0.717, 1.165) is 12.1 Å². The highest BCUT2D eigenvalue weighted by atomic mass is 19.3.